The highest BCUT2D eigenvalue weighted by molar-refractivity contribution is 9.09. The number of alkyl halides is 1. The fourth-order valence-electron chi connectivity index (χ4n) is 1.32. The zero-order valence-corrected chi connectivity index (χ0v) is 9.39. The van der Waals surface area contributed by atoms with Crippen molar-refractivity contribution in [3.05, 3.63) is 0 Å². The van der Waals surface area contributed by atoms with E-state index in [9.17, 15) is 0 Å². The summed E-state index contributed by atoms with van der Waals surface area (Å²) in [5.41, 5.74) is 0. The molecule has 0 fully saturated rings. The molecule has 0 aliphatic heterocycles. The van der Waals surface area contributed by atoms with Crippen LogP contribution in [0, 0.1) is 0 Å². The first-order chi connectivity index (χ1) is 4.74. The second-order valence-corrected chi connectivity index (χ2v) is 3.50. The van der Waals surface area contributed by atoms with E-state index in [4.69, 9.17) is 0 Å². The van der Waals surface area contributed by atoms with E-state index in [0.29, 0.717) is 0 Å². The van der Waals surface area contributed by atoms with Crippen LogP contribution in [0.2, 0.25) is 0 Å². The van der Waals surface area contributed by atoms with Crippen molar-refractivity contribution in [2.45, 2.75) is 20.8 Å². The summed E-state index contributed by atoms with van der Waals surface area (Å²) < 4.78 is 1.26. The van der Waals surface area contributed by atoms with E-state index < -0.39 is 0 Å². The molecular weight excluding hydrogens is 206 g/mol. The summed E-state index contributed by atoms with van der Waals surface area (Å²) in [6, 6.07) is 0. The van der Waals surface area contributed by atoms with Gasteiger partial charge in [0.25, 0.3) is 0 Å². The fraction of sp³-hybridized carbons (Fsp3) is 1.00. The molecule has 0 aromatic heterocycles. The highest BCUT2D eigenvalue weighted by atomic mass is 79.9. The summed E-state index contributed by atoms with van der Waals surface area (Å²) in [7, 11) is 0. The van der Waals surface area contributed by atoms with Crippen LogP contribution < -0.4 is 0 Å². The summed E-state index contributed by atoms with van der Waals surface area (Å²) in [4.78, 5) is 0. The Kier molecular flexibility index (Phi) is 8.97. The van der Waals surface area contributed by atoms with E-state index >= 15 is 0 Å². The Hall–Kier alpha value is 0.400. The number of rotatable bonds is 5. The van der Waals surface area contributed by atoms with E-state index in [1.54, 1.807) is 0 Å². The maximum atomic E-state index is 3.49. The number of hydrogen-bond donors (Lipinski definition) is 0. The molecule has 3 heteroatoms. The predicted molar refractivity (Wildman–Crippen MR) is 52.5 cm³/mol. The third-order valence-electron chi connectivity index (χ3n) is 2.57. The van der Waals surface area contributed by atoms with Crippen molar-refractivity contribution < 1.29 is 9.96 Å². The number of quaternary nitrogens is 1. The third kappa shape index (κ3) is 4.09. The lowest BCUT2D eigenvalue weighted by molar-refractivity contribution is -0.920. The van der Waals surface area contributed by atoms with Crippen molar-refractivity contribution in [1.82, 2.24) is 0 Å². The first-order valence-corrected chi connectivity index (χ1v) is 5.27. The van der Waals surface area contributed by atoms with Crippen molar-refractivity contribution in [1.29, 1.82) is 0 Å². The maximum Gasteiger partial charge on any atom is 0.0884 e. The molecule has 1 N–H and O–H groups in total. The Morgan fingerprint density at radius 3 is 1.45 bits per heavy atom. The van der Waals surface area contributed by atoms with Crippen molar-refractivity contribution in [2.75, 3.05) is 31.5 Å². The molecule has 0 aliphatic carbocycles. The van der Waals surface area contributed by atoms with Gasteiger partial charge in [0.1, 0.15) is 0 Å². The predicted octanol–water partition coefficient (Wildman–Crippen LogP) is 2.08. The van der Waals surface area contributed by atoms with Crippen LogP contribution in [-0.4, -0.2) is 41.5 Å². The topological polar surface area (TPSA) is 30.0 Å². The van der Waals surface area contributed by atoms with Gasteiger partial charge in [-0.3, -0.25) is 0 Å². The summed E-state index contributed by atoms with van der Waals surface area (Å²) in [6.45, 7) is 11.9. The Bertz CT molecular complexity index is 75.9. The molecule has 0 saturated heterocycles. The average Bonchev–Trinajstić information content (AvgIpc) is 2.01. The van der Waals surface area contributed by atoms with E-state index in [1.807, 2.05) is 0 Å². The second-order valence-electron chi connectivity index (χ2n) is 2.70. The van der Waals surface area contributed by atoms with Crippen LogP contribution in [0.3, 0.4) is 0 Å². The molecule has 2 nitrogen and oxygen atoms in total. The van der Waals surface area contributed by atoms with Crippen LogP contribution in [0.25, 0.3) is 0 Å². The van der Waals surface area contributed by atoms with Crippen LogP contribution in [-0.2, 0) is 0 Å². The van der Waals surface area contributed by atoms with Gasteiger partial charge in [-0.1, -0.05) is 15.9 Å². The molecular formula is C8H20BrNO. The van der Waals surface area contributed by atoms with Gasteiger partial charge in [-0.2, -0.15) is 0 Å². The van der Waals surface area contributed by atoms with Crippen LogP contribution in [0.15, 0.2) is 0 Å². The third-order valence-corrected chi connectivity index (χ3v) is 2.93. The Balaban J connectivity index is 0. The lowest BCUT2D eigenvalue weighted by Gasteiger charge is -2.35. The van der Waals surface area contributed by atoms with Gasteiger partial charge < -0.3 is 9.96 Å². The molecule has 0 aromatic carbocycles. The Morgan fingerprint density at radius 2 is 1.36 bits per heavy atom. The van der Waals surface area contributed by atoms with Gasteiger partial charge in [-0.05, 0) is 20.8 Å². The van der Waals surface area contributed by atoms with Crippen LogP contribution >= 0.6 is 15.9 Å². The molecule has 0 unspecified atom stereocenters. The quantitative estimate of drug-likeness (QED) is 0.521. The molecule has 0 bridgehead atoms. The molecule has 0 spiro atoms. The first-order valence-electron chi connectivity index (χ1n) is 4.15. The van der Waals surface area contributed by atoms with Gasteiger partial charge in [0.05, 0.1) is 31.5 Å². The monoisotopic (exact) mass is 225 g/mol. The van der Waals surface area contributed by atoms with Crippen molar-refractivity contribution in [2.24, 2.45) is 0 Å². The van der Waals surface area contributed by atoms with Crippen molar-refractivity contribution in [3.63, 3.8) is 0 Å². The van der Waals surface area contributed by atoms with E-state index in [1.165, 1.54) is 30.7 Å². The lowest BCUT2D eigenvalue weighted by atomic mass is 10.3. The average molecular weight is 226 g/mol. The lowest BCUT2D eigenvalue weighted by Crippen LogP contribution is -2.48. The van der Waals surface area contributed by atoms with Crippen LogP contribution in [0.1, 0.15) is 20.8 Å². The molecule has 0 aromatic rings. The minimum absolute atomic E-state index is 0. The Morgan fingerprint density at radius 1 is 1.00 bits per heavy atom. The van der Waals surface area contributed by atoms with Gasteiger partial charge in [-0.25, -0.2) is 0 Å². The number of nitrogens with zero attached hydrogens (tertiary/aromatic N) is 1. The number of hydrogen-bond acceptors (Lipinski definition) is 1. The van der Waals surface area contributed by atoms with E-state index in [0.717, 1.165) is 5.33 Å². The van der Waals surface area contributed by atoms with E-state index in [-0.39, 0.29) is 5.48 Å². The standard InChI is InChI=1S/C8H19BrN.H2O/c1-4-10(5-2,6-3)8-7-9;/h4-8H2,1-3H3;1H2/q+1;/p-1. The van der Waals surface area contributed by atoms with Crippen LogP contribution in [0.4, 0.5) is 0 Å². The summed E-state index contributed by atoms with van der Waals surface area (Å²) in [5, 5.41) is 1.13. The zero-order valence-electron chi connectivity index (χ0n) is 7.81. The largest absolute Gasteiger partial charge is 0.870 e. The Labute approximate surface area is 78.6 Å². The molecule has 0 amide bonds. The molecule has 0 aliphatic rings. The second kappa shape index (κ2) is 7.07. The minimum atomic E-state index is 0. The normalized spacial score (nSPS) is 10.9. The molecule has 0 atom stereocenters. The van der Waals surface area contributed by atoms with Gasteiger partial charge in [0.15, 0.2) is 0 Å². The summed E-state index contributed by atoms with van der Waals surface area (Å²) in [6.07, 6.45) is 0. The van der Waals surface area contributed by atoms with Gasteiger partial charge >= 0.3 is 0 Å². The molecule has 11 heavy (non-hydrogen) atoms. The SMILES string of the molecule is CC[N+](CC)(CC)CCBr.[OH-]. The van der Waals surface area contributed by atoms with Crippen LogP contribution in [0.5, 0.6) is 0 Å². The smallest absolute Gasteiger partial charge is 0.0884 e. The zero-order chi connectivity index (χ0) is 8.04. The first kappa shape index (κ1) is 14.0. The highest BCUT2D eigenvalue weighted by Crippen LogP contribution is 2.05. The molecule has 70 valence electrons. The van der Waals surface area contributed by atoms with Gasteiger partial charge in [0, 0.05) is 0 Å². The molecule has 0 saturated carbocycles. The minimum Gasteiger partial charge on any atom is -0.870 e. The highest BCUT2D eigenvalue weighted by Gasteiger charge is 2.18. The van der Waals surface area contributed by atoms with Gasteiger partial charge in [-0.15, -0.1) is 0 Å². The fourth-order valence-corrected chi connectivity index (χ4v) is 2.08. The van der Waals surface area contributed by atoms with E-state index in [2.05, 4.69) is 36.7 Å². The maximum absolute atomic E-state index is 3.49. The van der Waals surface area contributed by atoms with Crippen molar-refractivity contribution >= 4 is 15.9 Å². The molecule has 0 heterocycles. The van der Waals surface area contributed by atoms with Gasteiger partial charge in [0.2, 0.25) is 0 Å². The number of halogens is 1. The summed E-state index contributed by atoms with van der Waals surface area (Å²) >= 11 is 3.49. The van der Waals surface area contributed by atoms with Crippen molar-refractivity contribution in [3.8, 4) is 0 Å². The molecule has 0 radical (unpaired) electrons. The molecule has 0 rings (SSSR count). The summed E-state index contributed by atoms with van der Waals surface area (Å²) in [5.74, 6) is 0.